The van der Waals surface area contributed by atoms with Gasteiger partial charge in [0.25, 0.3) is 5.91 Å². The van der Waals surface area contributed by atoms with E-state index in [0.717, 1.165) is 17.1 Å². The molecular formula is C23H24N2O2. The summed E-state index contributed by atoms with van der Waals surface area (Å²) in [6.45, 7) is 4.26. The van der Waals surface area contributed by atoms with Gasteiger partial charge < -0.3 is 15.4 Å². The Hall–Kier alpha value is -3.27. The van der Waals surface area contributed by atoms with Crippen molar-refractivity contribution >= 4 is 23.0 Å². The molecule has 0 saturated heterocycles. The number of hydrogen-bond acceptors (Lipinski definition) is 3. The second-order valence-corrected chi connectivity index (χ2v) is 6.63. The molecule has 138 valence electrons. The summed E-state index contributed by atoms with van der Waals surface area (Å²) in [7, 11) is 0. The predicted octanol–water partition coefficient (Wildman–Crippen LogP) is 5.57. The third-order valence-electron chi connectivity index (χ3n) is 4.15. The van der Waals surface area contributed by atoms with Gasteiger partial charge in [0.05, 0.1) is 0 Å². The average molecular weight is 360 g/mol. The highest BCUT2D eigenvalue weighted by Crippen LogP contribution is 2.20. The number of anilines is 3. The quantitative estimate of drug-likeness (QED) is 0.579. The lowest BCUT2D eigenvalue weighted by molar-refractivity contribution is -0.118. The van der Waals surface area contributed by atoms with Crippen LogP contribution < -0.4 is 15.4 Å². The third kappa shape index (κ3) is 5.61. The van der Waals surface area contributed by atoms with Gasteiger partial charge in [-0.1, -0.05) is 44.2 Å². The molecule has 3 rings (SSSR count). The normalized spacial score (nSPS) is 10.5. The lowest BCUT2D eigenvalue weighted by Gasteiger charge is -2.10. The lowest BCUT2D eigenvalue weighted by Crippen LogP contribution is -2.20. The molecule has 3 aromatic carbocycles. The van der Waals surface area contributed by atoms with E-state index < -0.39 is 0 Å². The van der Waals surface area contributed by atoms with E-state index >= 15 is 0 Å². The second-order valence-electron chi connectivity index (χ2n) is 6.63. The first kappa shape index (κ1) is 18.5. The number of nitrogens with one attached hydrogen (secondary N) is 2. The Labute approximate surface area is 160 Å². The molecule has 0 aromatic heterocycles. The largest absolute Gasteiger partial charge is 0.484 e. The molecule has 0 fully saturated rings. The fourth-order valence-electron chi connectivity index (χ4n) is 2.62. The van der Waals surface area contributed by atoms with Crippen molar-refractivity contribution in [3.05, 3.63) is 84.4 Å². The Morgan fingerprint density at radius 2 is 1.41 bits per heavy atom. The van der Waals surface area contributed by atoms with Gasteiger partial charge in [-0.25, -0.2) is 0 Å². The fourth-order valence-corrected chi connectivity index (χ4v) is 2.62. The van der Waals surface area contributed by atoms with Crippen LogP contribution in [0.2, 0.25) is 0 Å². The molecule has 1 amide bonds. The monoisotopic (exact) mass is 360 g/mol. The maximum absolute atomic E-state index is 12.1. The first-order chi connectivity index (χ1) is 13.1. The molecule has 0 aliphatic heterocycles. The van der Waals surface area contributed by atoms with Gasteiger partial charge in [0.1, 0.15) is 5.75 Å². The molecule has 27 heavy (non-hydrogen) atoms. The number of benzene rings is 3. The summed E-state index contributed by atoms with van der Waals surface area (Å²) in [6.07, 6.45) is 0. The molecule has 0 heterocycles. The molecule has 0 aliphatic carbocycles. The first-order valence-electron chi connectivity index (χ1n) is 9.05. The van der Waals surface area contributed by atoms with Crippen LogP contribution in [0.15, 0.2) is 78.9 Å². The van der Waals surface area contributed by atoms with Crippen molar-refractivity contribution in [2.45, 2.75) is 19.8 Å². The van der Waals surface area contributed by atoms with Gasteiger partial charge in [0, 0.05) is 17.1 Å². The van der Waals surface area contributed by atoms with Crippen LogP contribution >= 0.6 is 0 Å². The van der Waals surface area contributed by atoms with Gasteiger partial charge in [-0.3, -0.25) is 4.79 Å². The SMILES string of the molecule is CC(C)c1ccc(OCC(=O)Nc2ccc(Nc3ccccc3)cc2)cc1. The van der Waals surface area contributed by atoms with E-state index in [1.807, 2.05) is 78.9 Å². The van der Waals surface area contributed by atoms with E-state index in [0.29, 0.717) is 11.7 Å². The number of amides is 1. The van der Waals surface area contributed by atoms with Gasteiger partial charge in [-0.15, -0.1) is 0 Å². The van der Waals surface area contributed by atoms with Crippen LogP contribution in [0.4, 0.5) is 17.1 Å². The molecule has 0 saturated carbocycles. The van der Waals surface area contributed by atoms with Gasteiger partial charge in [-0.05, 0) is 60.0 Å². The maximum Gasteiger partial charge on any atom is 0.262 e. The molecule has 4 nitrogen and oxygen atoms in total. The minimum Gasteiger partial charge on any atom is -0.484 e. The summed E-state index contributed by atoms with van der Waals surface area (Å²) in [5.74, 6) is 0.977. The summed E-state index contributed by atoms with van der Waals surface area (Å²) in [5.41, 5.74) is 3.96. The maximum atomic E-state index is 12.1. The van der Waals surface area contributed by atoms with Gasteiger partial charge in [0.2, 0.25) is 0 Å². The van der Waals surface area contributed by atoms with Crippen molar-refractivity contribution in [1.82, 2.24) is 0 Å². The molecule has 2 N–H and O–H groups in total. The number of hydrogen-bond donors (Lipinski definition) is 2. The van der Waals surface area contributed by atoms with Crippen molar-refractivity contribution in [2.24, 2.45) is 0 Å². The summed E-state index contributed by atoms with van der Waals surface area (Å²) in [5, 5.41) is 6.15. The van der Waals surface area contributed by atoms with Gasteiger partial charge in [0.15, 0.2) is 6.61 Å². The summed E-state index contributed by atoms with van der Waals surface area (Å²) in [4.78, 5) is 12.1. The molecule has 0 unspecified atom stereocenters. The molecule has 0 aliphatic rings. The van der Waals surface area contributed by atoms with Crippen molar-refractivity contribution in [2.75, 3.05) is 17.2 Å². The van der Waals surface area contributed by atoms with E-state index in [-0.39, 0.29) is 12.5 Å². The third-order valence-corrected chi connectivity index (χ3v) is 4.15. The molecule has 0 radical (unpaired) electrons. The molecule has 0 bridgehead atoms. The highest BCUT2D eigenvalue weighted by molar-refractivity contribution is 5.92. The smallest absolute Gasteiger partial charge is 0.262 e. The topological polar surface area (TPSA) is 50.4 Å². The van der Waals surface area contributed by atoms with E-state index in [1.54, 1.807) is 0 Å². The van der Waals surface area contributed by atoms with Crippen molar-refractivity contribution in [3.63, 3.8) is 0 Å². The zero-order valence-corrected chi connectivity index (χ0v) is 15.6. The molecule has 4 heteroatoms. The van der Waals surface area contributed by atoms with E-state index in [4.69, 9.17) is 4.74 Å². The Kier molecular flexibility index (Phi) is 6.10. The highest BCUT2D eigenvalue weighted by atomic mass is 16.5. The van der Waals surface area contributed by atoms with Crippen LogP contribution in [-0.2, 0) is 4.79 Å². The zero-order chi connectivity index (χ0) is 19.1. The number of carbonyl (C=O) groups is 1. The van der Waals surface area contributed by atoms with Crippen LogP contribution in [0.1, 0.15) is 25.3 Å². The Morgan fingerprint density at radius 1 is 0.815 bits per heavy atom. The number of carbonyl (C=O) groups excluding carboxylic acids is 1. The Morgan fingerprint density at radius 3 is 2.04 bits per heavy atom. The number of rotatable bonds is 7. The minimum absolute atomic E-state index is 0.0228. The van der Waals surface area contributed by atoms with Crippen LogP contribution in [-0.4, -0.2) is 12.5 Å². The van der Waals surface area contributed by atoms with Crippen LogP contribution in [0, 0.1) is 0 Å². The second kappa shape index (κ2) is 8.90. The van der Waals surface area contributed by atoms with Crippen molar-refractivity contribution < 1.29 is 9.53 Å². The fraction of sp³-hybridized carbons (Fsp3) is 0.174. The number of para-hydroxylation sites is 1. The van der Waals surface area contributed by atoms with Crippen LogP contribution in [0.25, 0.3) is 0 Å². The molecule has 0 atom stereocenters. The van der Waals surface area contributed by atoms with Crippen molar-refractivity contribution in [1.29, 1.82) is 0 Å². The molecule has 3 aromatic rings. The van der Waals surface area contributed by atoms with Crippen LogP contribution in [0.3, 0.4) is 0 Å². The zero-order valence-electron chi connectivity index (χ0n) is 15.6. The first-order valence-corrected chi connectivity index (χ1v) is 9.05. The standard InChI is InChI=1S/C23H24N2O2/c1-17(2)18-8-14-22(15-9-18)27-16-23(26)25-21-12-10-20(11-13-21)24-19-6-4-3-5-7-19/h3-15,17,24H,16H2,1-2H3,(H,25,26). The van der Waals surface area contributed by atoms with Crippen LogP contribution in [0.5, 0.6) is 5.75 Å². The predicted molar refractivity (Wildman–Crippen MR) is 111 cm³/mol. The van der Waals surface area contributed by atoms with Gasteiger partial charge in [-0.2, -0.15) is 0 Å². The van der Waals surface area contributed by atoms with Crippen molar-refractivity contribution in [3.8, 4) is 5.75 Å². The molecular weight excluding hydrogens is 336 g/mol. The number of ether oxygens (including phenoxy) is 1. The minimum atomic E-state index is -0.188. The van der Waals surface area contributed by atoms with E-state index in [1.165, 1.54) is 5.56 Å². The van der Waals surface area contributed by atoms with Gasteiger partial charge >= 0.3 is 0 Å². The van der Waals surface area contributed by atoms with E-state index in [2.05, 4.69) is 24.5 Å². The summed E-state index contributed by atoms with van der Waals surface area (Å²) in [6, 6.07) is 25.3. The Balaban J connectivity index is 1.49. The summed E-state index contributed by atoms with van der Waals surface area (Å²) < 4.78 is 5.55. The molecule has 0 spiro atoms. The Bertz CT molecular complexity index is 857. The lowest BCUT2D eigenvalue weighted by atomic mass is 10.0. The highest BCUT2D eigenvalue weighted by Gasteiger charge is 2.05. The van der Waals surface area contributed by atoms with E-state index in [9.17, 15) is 4.79 Å². The average Bonchev–Trinajstić information content (AvgIpc) is 2.69. The summed E-state index contributed by atoms with van der Waals surface area (Å²) >= 11 is 0.